The number of hydrogen-bond acceptors (Lipinski definition) is 7. The average Bonchev–Trinajstić information content (AvgIpc) is 2.86. The van der Waals surface area contributed by atoms with Crippen LogP contribution in [0.15, 0.2) is 79.1 Å². The molecular weight excluding hydrogens is 464 g/mol. The zero-order valence-corrected chi connectivity index (χ0v) is 21.0. The Kier molecular flexibility index (Phi) is 6.92. The molecule has 0 amide bonds. The number of anilines is 2. The molecule has 3 atom stereocenters. The van der Waals surface area contributed by atoms with Gasteiger partial charge in [-0.1, -0.05) is 42.6 Å². The highest BCUT2D eigenvalue weighted by molar-refractivity contribution is 8.05. The van der Waals surface area contributed by atoms with Crippen LogP contribution in [0.1, 0.15) is 31.9 Å². The molecule has 0 radical (unpaired) electrons. The molecule has 2 aliphatic heterocycles. The van der Waals surface area contributed by atoms with Gasteiger partial charge in [-0.3, -0.25) is 4.79 Å². The van der Waals surface area contributed by atoms with Crippen molar-refractivity contribution >= 4 is 34.9 Å². The number of rotatable bonds is 6. The van der Waals surface area contributed by atoms with Crippen LogP contribution in [-0.2, 0) is 4.74 Å². The summed E-state index contributed by atoms with van der Waals surface area (Å²) in [5.74, 6) is 0. The molecule has 1 saturated heterocycles. The van der Waals surface area contributed by atoms with E-state index >= 15 is 0 Å². The maximum Gasteiger partial charge on any atom is 0.249 e. The van der Waals surface area contributed by atoms with Gasteiger partial charge >= 0.3 is 0 Å². The van der Waals surface area contributed by atoms with Crippen molar-refractivity contribution in [2.45, 2.75) is 58.0 Å². The minimum atomic E-state index is -0.0823. The van der Waals surface area contributed by atoms with Gasteiger partial charge in [-0.15, -0.1) is 0 Å². The first-order valence-corrected chi connectivity index (χ1v) is 13.3. The van der Waals surface area contributed by atoms with Gasteiger partial charge in [-0.25, -0.2) is 0 Å². The lowest BCUT2D eigenvalue weighted by molar-refractivity contribution is 0.0379. The van der Waals surface area contributed by atoms with Crippen molar-refractivity contribution in [1.29, 1.82) is 0 Å². The molecule has 8 heteroatoms. The fourth-order valence-corrected chi connectivity index (χ4v) is 6.84. The van der Waals surface area contributed by atoms with Gasteiger partial charge in [0.25, 0.3) is 0 Å². The molecular formula is C26H30N4O2S2. The van der Waals surface area contributed by atoms with E-state index in [9.17, 15) is 4.79 Å². The summed E-state index contributed by atoms with van der Waals surface area (Å²) in [7, 11) is 0. The summed E-state index contributed by atoms with van der Waals surface area (Å²) in [4.78, 5) is 21.8. The molecule has 2 unspecified atom stereocenters. The number of benzene rings is 2. The van der Waals surface area contributed by atoms with Crippen LogP contribution in [0.5, 0.6) is 0 Å². The summed E-state index contributed by atoms with van der Waals surface area (Å²) in [6.07, 6.45) is 2.60. The number of H-pyrrole nitrogens is 1. The van der Waals surface area contributed by atoms with E-state index < -0.39 is 0 Å². The van der Waals surface area contributed by atoms with Gasteiger partial charge in [0.05, 0.1) is 6.61 Å². The smallest absolute Gasteiger partial charge is 0.249 e. The van der Waals surface area contributed by atoms with Gasteiger partial charge in [0.1, 0.15) is 6.10 Å². The van der Waals surface area contributed by atoms with Crippen LogP contribution < -0.4 is 21.5 Å². The molecule has 0 saturated carbocycles. The predicted molar refractivity (Wildman–Crippen MR) is 140 cm³/mol. The van der Waals surface area contributed by atoms with Crippen molar-refractivity contribution in [3.63, 3.8) is 0 Å². The molecule has 3 aromatic rings. The van der Waals surface area contributed by atoms with E-state index in [4.69, 9.17) is 10.5 Å². The Balaban J connectivity index is 1.37. The van der Waals surface area contributed by atoms with E-state index in [2.05, 4.69) is 65.4 Å². The molecule has 0 bridgehead atoms. The second kappa shape index (κ2) is 10.1. The van der Waals surface area contributed by atoms with Crippen molar-refractivity contribution < 1.29 is 4.74 Å². The summed E-state index contributed by atoms with van der Waals surface area (Å²) in [6, 6.07) is 17.0. The molecule has 3 heterocycles. The Hall–Kier alpha value is -2.39. The summed E-state index contributed by atoms with van der Waals surface area (Å²) < 4.78 is 6.22. The number of morpholine rings is 1. The number of fused-ring (bicyclic) bond motifs is 2. The molecule has 1 aromatic heterocycles. The number of ether oxygens (including phenoxy) is 1. The summed E-state index contributed by atoms with van der Waals surface area (Å²) >= 11 is 3.62. The first kappa shape index (κ1) is 23.4. The van der Waals surface area contributed by atoms with Crippen LogP contribution in [0, 0.1) is 0 Å². The number of nitrogens with zero attached hydrogens (tertiary/aromatic N) is 1. The fraction of sp³-hybridized carbons (Fsp3) is 0.346. The second-order valence-electron chi connectivity index (χ2n) is 8.76. The van der Waals surface area contributed by atoms with Crippen LogP contribution in [0.4, 0.5) is 11.4 Å². The number of aromatic nitrogens is 1. The van der Waals surface area contributed by atoms with E-state index in [0.29, 0.717) is 6.61 Å². The van der Waals surface area contributed by atoms with Gasteiger partial charge in [0, 0.05) is 68.4 Å². The summed E-state index contributed by atoms with van der Waals surface area (Å²) in [6.45, 7) is 6.37. The maximum absolute atomic E-state index is 11.8. The zero-order valence-electron chi connectivity index (χ0n) is 19.4. The largest absolute Gasteiger partial charge is 0.381 e. The first-order valence-electron chi connectivity index (χ1n) is 11.7. The first-order chi connectivity index (χ1) is 16.5. The van der Waals surface area contributed by atoms with Gasteiger partial charge in [0.15, 0.2) is 0 Å². The third kappa shape index (κ3) is 4.86. The molecule has 4 N–H and O–H groups in total. The zero-order chi connectivity index (χ0) is 23.7. The minimum Gasteiger partial charge on any atom is -0.381 e. The Labute approximate surface area is 208 Å². The van der Waals surface area contributed by atoms with E-state index in [-0.39, 0.29) is 23.7 Å². The standard InChI is InChI=1S/C26H30N4O2S2/c1-3-20(27)16(2)29-17-7-8-22-24(13-17)33-23-6-4-5-19(26(23)34-22)21-15-30(11-12-32-21)18-9-10-28-25(31)14-18/h4-10,13-14,16,20-21,29H,3,11-12,15,27H2,1-2H3,(H,28,31)/t16?,20-,21?/m0/s1. The Bertz CT molecular complexity index is 1230. The number of nitrogens with two attached hydrogens (primary N) is 1. The van der Waals surface area contributed by atoms with Crippen molar-refractivity contribution in [3.8, 4) is 0 Å². The number of hydrogen-bond donors (Lipinski definition) is 3. The molecule has 0 spiro atoms. The van der Waals surface area contributed by atoms with Crippen LogP contribution >= 0.6 is 23.5 Å². The molecule has 2 aliphatic rings. The number of nitrogens with one attached hydrogen (secondary N) is 2. The van der Waals surface area contributed by atoms with E-state index in [1.54, 1.807) is 12.3 Å². The maximum atomic E-state index is 11.8. The Morgan fingerprint density at radius 2 is 2.06 bits per heavy atom. The highest BCUT2D eigenvalue weighted by Gasteiger charge is 2.28. The van der Waals surface area contributed by atoms with E-state index in [0.717, 1.165) is 30.9 Å². The van der Waals surface area contributed by atoms with Gasteiger partial charge in [0.2, 0.25) is 5.56 Å². The highest BCUT2D eigenvalue weighted by Crippen LogP contribution is 2.51. The molecule has 0 aliphatic carbocycles. The van der Waals surface area contributed by atoms with E-state index in [1.807, 2.05) is 29.6 Å². The topological polar surface area (TPSA) is 83.4 Å². The van der Waals surface area contributed by atoms with Crippen molar-refractivity contribution in [3.05, 3.63) is 70.6 Å². The van der Waals surface area contributed by atoms with E-state index in [1.165, 1.54) is 25.1 Å². The molecule has 6 nitrogen and oxygen atoms in total. The normalized spacial score (nSPS) is 19.1. The second-order valence-corrected chi connectivity index (χ2v) is 10.9. The third-order valence-corrected chi connectivity index (χ3v) is 9.04. The summed E-state index contributed by atoms with van der Waals surface area (Å²) in [5.41, 5.74) is 9.37. The molecule has 2 aromatic carbocycles. The monoisotopic (exact) mass is 494 g/mol. The third-order valence-electron chi connectivity index (χ3n) is 6.43. The lowest BCUT2D eigenvalue weighted by Crippen LogP contribution is -2.39. The van der Waals surface area contributed by atoms with Crippen LogP contribution in [-0.4, -0.2) is 36.8 Å². The average molecular weight is 495 g/mol. The van der Waals surface area contributed by atoms with Crippen LogP contribution in [0.25, 0.3) is 0 Å². The highest BCUT2D eigenvalue weighted by atomic mass is 32.2. The minimum absolute atomic E-state index is 0.0463. The lowest BCUT2D eigenvalue weighted by Gasteiger charge is -2.36. The van der Waals surface area contributed by atoms with Crippen molar-refractivity contribution in [2.24, 2.45) is 5.73 Å². The van der Waals surface area contributed by atoms with Crippen LogP contribution in [0.2, 0.25) is 0 Å². The van der Waals surface area contributed by atoms with Gasteiger partial charge < -0.3 is 25.7 Å². The fourth-order valence-electron chi connectivity index (χ4n) is 4.39. The predicted octanol–water partition coefficient (Wildman–Crippen LogP) is 5.11. The van der Waals surface area contributed by atoms with Crippen LogP contribution in [0.3, 0.4) is 0 Å². The number of aromatic amines is 1. The number of pyridine rings is 1. The van der Waals surface area contributed by atoms with Crippen molar-refractivity contribution in [2.75, 3.05) is 29.9 Å². The van der Waals surface area contributed by atoms with Gasteiger partial charge in [-0.2, -0.15) is 0 Å². The van der Waals surface area contributed by atoms with Gasteiger partial charge in [-0.05, 0) is 49.2 Å². The molecule has 5 rings (SSSR count). The lowest BCUT2D eigenvalue weighted by atomic mass is 10.1. The quantitative estimate of drug-likeness (QED) is 0.344. The molecule has 34 heavy (non-hydrogen) atoms. The molecule has 178 valence electrons. The SMILES string of the molecule is CC[C@H](N)C(C)Nc1ccc2c(c1)Sc1cccc(C3CN(c4cc[nH]c(=O)c4)CCO3)c1S2. The summed E-state index contributed by atoms with van der Waals surface area (Å²) in [5, 5.41) is 3.56. The Morgan fingerprint density at radius 1 is 1.18 bits per heavy atom. The van der Waals surface area contributed by atoms with Crippen molar-refractivity contribution in [1.82, 2.24) is 4.98 Å². The Morgan fingerprint density at radius 3 is 2.88 bits per heavy atom. The molecule has 1 fully saturated rings.